The maximum absolute atomic E-state index is 4.48. The number of aliphatic imine (C=N–C) groups is 1. The molecular formula is C19H29N7. The Morgan fingerprint density at radius 1 is 1.15 bits per heavy atom. The zero-order valence-electron chi connectivity index (χ0n) is 16.0. The Labute approximate surface area is 155 Å². The third-order valence-corrected chi connectivity index (χ3v) is 4.53. The van der Waals surface area contributed by atoms with Gasteiger partial charge in [0.15, 0.2) is 5.96 Å². The Bertz CT molecular complexity index is 700. The van der Waals surface area contributed by atoms with Crippen molar-refractivity contribution in [1.82, 2.24) is 24.8 Å². The summed E-state index contributed by atoms with van der Waals surface area (Å²) in [5.74, 6) is 3.63. The average molecular weight is 355 g/mol. The summed E-state index contributed by atoms with van der Waals surface area (Å²) in [6.45, 7) is 9.85. The van der Waals surface area contributed by atoms with Crippen LogP contribution in [-0.4, -0.2) is 58.6 Å². The van der Waals surface area contributed by atoms with Gasteiger partial charge in [0.25, 0.3) is 0 Å². The van der Waals surface area contributed by atoms with Crippen LogP contribution < -0.4 is 10.2 Å². The number of nitrogens with zero attached hydrogens (tertiary/aromatic N) is 6. The number of anilines is 1. The molecule has 2 aromatic heterocycles. The highest BCUT2D eigenvalue weighted by molar-refractivity contribution is 5.80. The van der Waals surface area contributed by atoms with Crippen LogP contribution in [0.5, 0.6) is 0 Å². The van der Waals surface area contributed by atoms with Crippen molar-refractivity contribution in [2.24, 2.45) is 10.9 Å². The molecule has 0 spiro atoms. The molecule has 1 fully saturated rings. The highest BCUT2D eigenvalue weighted by atomic mass is 15.4. The monoisotopic (exact) mass is 355 g/mol. The van der Waals surface area contributed by atoms with E-state index in [0.717, 1.165) is 50.3 Å². The minimum absolute atomic E-state index is 0.599. The molecule has 0 aliphatic carbocycles. The lowest BCUT2D eigenvalue weighted by Crippen LogP contribution is -2.52. The molecule has 0 atom stereocenters. The van der Waals surface area contributed by atoms with Gasteiger partial charge in [0.05, 0.1) is 6.54 Å². The molecular weight excluding hydrogens is 326 g/mol. The molecule has 0 aromatic carbocycles. The van der Waals surface area contributed by atoms with Crippen molar-refractivity contribution in [2.75, 3.05) is 38.1 Å². The molecule has 140 valence electrons. The van der Waals surface area contributed by atoms with Gasteiger partial charge in [-0.1, -0.05) is 19.9 Å². The lowest BCUT2D eigenvalue weighted by Gasteiger charge is -2.37. The molecule has 1 saturated heterocycles. The van der Waals surface area contributed by atoms with E-state index in [1.54, 1.807) is 0 Å². The van der Waals surface area contributed by atoms with Crippen molar-refractivity contribution in [2.45, 2.75) is 26.9 Å². The van der Waals surface area contributed by atoms with E-state index in [2.05, 4.69) is 54.6 Å². The molecule has 0 saturated carbocycles. The number of guanidine groups is 1. The Morgan fingerprint density at radius 2 is 1.96 bits per heavy atom. The Hall–Kier alpha value is -2.57. The van der Waals surface area contributed by atoms with Crippen LogP contribution in [0.2, 0.25) is 0 Å². The largest absolute Gasteiger partial charge is 0.353 e. The lowest BCUT2D eigenvalue weighted by molar-refractivity contribution is 0.370. The van der Waals surface area contributed by atoms with E-state index in [-0.39, 0.29) is 0 Å². The van der Waals surface area contributed by atoms with Crippen LogP contribution in [0, 0.1) is 5.92 Å². The van der Waals surface area contributed by atoms with Crippen molar-refractivity contribution in [3.63, 3.8) is 0 Å². The van der Waals surface area contributed by atoms with E-state index in [4.69, 9.17) is 0 Å². The second-order valence-corrected chi connectivity index (χ2v) is 6.95. The number of imidazole rings is 1. The van der Waals surface area contributed by atoms with Crippen molar-refractivity contribution in [3.8, 4) is 0 Å². The molecule has 2 aromatic rings. The van der Waals surface area contributed by atoms with Gasteiger partial charge in [0, 0.05) is 58.4 Å². The Morgan fingerprint density at radius 3 is 2.62 bits per heavy atom. The third-order valence-electron chi connectivity index (χ3n) is 4.53. The maximum atomic E-state index is 4.48. The second-order valence-electron chi connectivity index (χ2n) is 6.95. The van der Waals surface area contributed by atoms with Crippen molar-refractivity contribution in [1.29, 1.82) is 0 Å². The first kappa shape index (κ1) is 18.2. The smallest absolute Gasteiger partial charge is 0.194 e. The molecule has 1 aliphatic heterocycles. The van der Waals surface area contributed by atoms with E-state index in [1.807, 2.05) is 37.8 Å². The topological polar surface area (TPSA) is 61.6 Å². The summed E-state index contributed by atoms with van der Waals surface area (Å²) in [4.78, 5) is 18.0. The average Bonchev–Trinajstić information content (AvgIpc) is 3.10. The first-order chi connectivity index (χ1) is 12.7. The van der Waals surface area contributed by atoms with Crippen LogP contribution in [0.3, 0.4) is 0 Å². The van der Waals surface area contributed by atoms with Gasteiger partial charge >= 0.3 is 0 Å². The molecule has 0 bridgehead atoms. The van der Waals surface area contributed by atoms with Gasteiger partial charge < -0.3 is 19.7 Å². The Kier molecular flexibility index (Phi) is 6.09. The van der Waals surface area contributed by atoms with Crippen LogP contribution in [-0.2, 0) is 13.1 Å². The van der Waals surface area contributed by atoms with Crippen molar-refractivity contribution < 1.29 is 0 Å². The normalized spacial score (nSPS) is 15.6. The number of aromatic nitrogens is 3. The van der Waals surface area contributed by atoms with Gasteiger partial charge in [-0.15, -0.1) is 0 Å². The molecule has 7 heteroatoms. The first-order valence-corrected chi connectivity index (χ1v) is 9.29. The fourth-order valence-corrected chi connectivity index (χ4v) is 3.25. The van der Waals surface area contributed by atoms with Crippen molar-refractivity contribution in [3.05, 3.63) is 42.6 Å². The molecule has 0 unspecified atom stereocenters. The highest BCUT2D eigenvalue weighted by Gasteiger charge is 2.20. The van der Waals surface area contributed by atoms with Crippen molar-refractivity contribution >= 4 is 11.8 Å². The standard InChI is InChI=1S/C19H29N7/c1-16(2)15-26-9-8-22-18(26)14-23-19(20-3)25-12-10-24(11-13-25)17-6-4-5-7-21-17/h4-9,16H,10-15H2,1-3H3,(H,20,23). The first-order valence-electron chi connectivity index (χ1n) is 9.29. The molecule has 3 rings (SSSR count). The minimum atomic E-state index is 0.599. The Balaban J connectivity index is 1.53. The summed E-state index contributed by atoms with van der Waals surface area (Å²) in [6, 6.07) is 6.06. The zero-order valence-corrected chi connectivity index (χ0v) is 16.0. The number of rotatable bonds is 5. The van der Waals surface area contributed by atoms with Gasteiger partial charge in [-0.3, -0.25) is 4.99 Å². The fraction of sp³-hybridized carbons (Fsp3) is 0.526. The van der Waals surface area contributed by atoms with E-state index in [1.165, 1.54) is 0 Å². The number of hydrogen-bond acceptors (Lipinski definition) is 4. The van der Waals surface area contributed by atoms with Gasteiger partial charge in [0.1, 0.15) is 11.6 Å². The number of pyridine rings is 1. The number of nitrogens with one attached hydrogen (secondary N) is 1. The van der Waals surface area contributed by atoms with Crippen LogP contribution >= 0.6 is 0 Å². The summed E-state index contributed by atoms with van der Waals surface area (Å²) >= 11 is 0. The zero-order chi connectivity index (χ0) is 18.4. The van der Waals surface area contributed by atoms with Crippen LogP contribution in [0.4, 0.5) is 5.82 Å². The molecule has 0 radical (unpaired) electrons. The molecule has 3 heterocycles. The third kappa shape index (κ3) is 4.53. The summed E-state index contributed by atoms with van der Waals surface area (Å²) < 4.78 is 2.21. The molecule has 0 amide bonds. The SMILES string of the molecule is CN=C(NCc1nccn1CC(C)C)N1CCN(c2ccccn2)CC1. The summed E-state index contributed by atoms with van der Waals surface area (Å²) in [5, 5.41) is 3.47. The van der Waals surface area contributed by atoms with Gasteiger partial charge in [-0.05, 0) is 18.1 Å². The van der Waals surface area contributed by atoms with E-state index >= 15 is 0 Å². The quantitative estimate of drug-likeness (QED) is 0.655. The lowest BCUT2D eigenvalue weighted by atomic mass is 10.2. The van der Waals surface area contributed by atoms with Gasteiger partial charge in [0.2, 0.25) is 0 Å². The van der Waals surface area contributed by atoms with Crippen LogP contribution in [0.15, 0.2) is 41.8 Å². The van der Waals surface area contributed by atoms with E-state index in [0.29, 0.717) is 12.5 Å². The minimum Gasteiger partial charge on any atom is -0.353 e. The van der Waals surface area contributed by atoms with E-state index < -0.39 is 0 Å². The van der Waals surface area contributed by atoms with E-state index in [9.17, 15) is 0 Å². The maximum Gasteiger partial charge on any atom is 0.194 e. The second kappa shape index (κ2) is 8.69. The van der Waals surface area contributed by atoms with Crippen LogP contribution in [0.25, 0.3) is 0 Å². The van der Waals surface area contributed by atoms with Crippen LogP contribution in [0.1, 0.15) is 19.7 Å². The highest BCUT2D eigenvalue weighted by Crippen LogP contribution is 2.12. The van der Waals surface area contributed by atoms with Gasteiger partial charge in [-0.2, -0.15) is 0 Å². The number of hydrogen-bond donors (Lipinski definition) is 1. The summed E-state index contributed by atoms with van der Waals surface area (Å²) in [7, 11) is 1.84. The molecule has 7 nitrogen and oxygen atoms in total. The molecule has 1 N–H and O–H groups in total. The summed E-state index contributed by atoms with van der Waals surface area (Å²) in [6.07, 6.45) is 5.76. The molecule has 26 heavy (non-hydrogen) atoms. The predicted molar refractivity (Wildman–Crippen MR) is 105 cm³/mol. The molecule has 1 aliphatic rings. The van der Waals surface area contributed by atoms with Gasteiger partial charge in [-0.25, -0.2) is 9.97 Å². The fourth-order valence-electron chi connectivity index (χ4n) is 3.25. The summed E-state index contributed by atoms with van der Waals surface area (Å²) in [5.41, 5.74) is 0. The predicted octanol–water partition coefficient (Wildman–Crippen LogP) is 1.83. The number of piperazine rings is 1.